The van der Waals surface area contributed by atoms with Crippen LogP contribution in [-0.2, 0) is 24.4 Å². The summed E-state index contributed by atoms with van der Waals surface area (Å²) in [4.78, 5) is 29.8. The third-order valence-corrected chi connectivity index (χ3v) is 7.29. The molecule has 0 spiro atoms. The van der Waals surface area contributed by atoms with Crippen molar-refractivity contribution in [2.75, 3.05) is 5.75 Å². The normalized spacial score (nSPS) is 15.4. The molecule has 1 saturated heterocycles. The lowest BCUT2D eigenvalue weighted by Crippen LogP contribution is -2.30. The molecule has 35 heavy (non-hydrogen) atoms. The van der Waals surface area contributed by atoms with Crippen LogP contribution in [0.4, 0.5) is 0 Å². The summed E-state index contributed by atoms with van der Waals surface area (Å²) in [5.41, 5.74) is 3.81. The van der Waals surface area contributed by atoms with Crippen LogP contribution in [0.25, 0.3) is 0 Å². The van der Waals surface area contributed by atoms with E-state index in [0.29, 0.717) is 31.0 Å². The van der Waals surface area contributed by atoms with Crippen molar-refractivity contribution in [3.05, 3.63) is 131 Å². The molecule has 4 aromatic rings. The van der Waals surface area contributed by atoms with Gasteiger partial charge in [-0.25, -0.2) is 0 Å². The number of rotatable bonds is 8. The Hall–Kier alpha value is -3.77. The van der Waals surface area contributed by atoms with Gasteiger partial charge < -0.3 is 14.2 Å². The minimum Gasteiger partial charge on any atom is -0.467 e. The summed E-state index contributed by atoms with van der Waals surface area (Å²) in [5, 5.41) is -0.0958. The summed E-state index contributed by atoms with van der Waals surface area (Å²) in [7, 11) is 0. The van der Waals surface area contributed by atoms with E-state index in [1.54, 1.807) is 18.0 Å². The first-order valence-electron chi connectivity index (χ1n) is 11.6. The van der Waals surface area contributed by atoms with Gasteiger partial charge in [-0.1, -0.05) is 72.8 Å². The Balaban J connectivity index is 1.35. The molecule has 2 amide bonds. The van der Waals surface area contributed by atoms with E-state index < -0.39 is 0 Å². The van der Waals surface area contributed by atoms with Crippen molar-refractivity contribution < 1.29 is 14.0 Å². The highest BCUT2D eigenvalue weighted by Gasteiger charge is 2.33. The van der Waals surface area contributed by atoms with Crippen LogP contribution in [0.5, 0.6) is 0 Å². The Morgan fingerprint density at radius 2 is 1.49 bits per heavy atom. The molecule has 1 atom stereocenters. The van der Waals surface area contributed by atoms with Gasteiger partial charge in [-0.2, -0.15) is 0 Å². The zero-order chi connectivity index (χ0) is 24.0. The van der Waals surface area contributed by atoms with E-state index in [1.165, 1.54) is 0 Å². The molecule has 6 heteroatoms. The molecule has 3 aromatic carbocycles. The lowest BCUT2D eigenvalue weighted by molar-refractivity contribution is -0.128. The van der Waals surface area contributed by atoms with Gasteiger partial charge in [0.1, 0.15) is 11.1 Å². The highest BCUT2D eigenvalue weighted by atomic mass is 32.2. The smallest absolute Gasteiger partial charge is 0.254 e. The molecule has 0 N–H and O–H groups in total. The Morgan fingerprint density at radius 1 is 0.857 bits per heavy atom. The first kappa shape index (κ1) is 23.0. The fraction of sp³-hybridized carbons (Fsp3) is 0.172. The number of carbonyl (C=O) groups is 2. The average Bonchev–Trinajstić information content (AvgIpc) is 3.55. The second kappa shape index (κ2) is 10.7. The molecule has 0 radical (unpaired) electrons. The summed E-state index contributed by atoms with van der Waals surface area (Å²) < 4.78 is 5.45. The average molecular weight is 483 g/mol. The monoisotopic (exact) mass is 482 g/mol. The van der Waals surface area contributed by atoms with Gasteiger partial charge in [0.2, 0.25) is 5.91 Å². The zero-order valence-electron chi connectivity index (χ0n) is 19.2. The van der Waals surface area contributed by atoms with Crippen LogP contribution in [0.1, 0.15) is 38.2 Å². The molecule has 1 aliphatic rings. The van der Waals surface area contributed by atoms with E-state index in [9.17, 15) is 9.59 Å². The van der Waals surface area contributed by atoms with Gasteiger partial charge in [-0.05, 0) is 41.0 Å². The Labute approximate surface area is 209 Å². The van der Waals surface area contributed by atoms with Crippen molar-refractivity contribution in [2.24, 2.45) is 0 Å². The SMILES string of the molecule is O=C(c1ccc([C@H]2SCC(=O)N2Cc2ccco2)cc1)N(Cc1ccccc1)Cc1ccccc1. The van der Waals surface area contributed by atoms with E-state index >= 15 is 0 Å². The molecule has 0 bridgehead atoms. The number of thioether (sulfide) groups is 1. The summed E-state index contributed by atoms with van der Waals surface area (Å²) in [6.45, 7) is 1.49. The molecule has 0 aliphatic carbocycles. The molecule has 1 fully saturated rings. The van der Waals surface area contributed by atoms with Gasteiger partial charge in [-0.15, -0.1) is 11.8 Å². The van der Waals surface area contributed by atoms with Crippen molar-refractivity contribution in [3.8, 4) is 0 Å². The second-order valence-corrected chi connectivity index (χ2v) is 9.59. The molecule has 176 valence electrons. The molecule has 0 saturated carbocycles. The molecule has 0 unspecified atom stereocenters. The maximum absolute atomic E-state index is 13.6. The predicted molar refractivity (Wildman–Crippen MR) is 137 cm³/mol. The van der Waals surface area contributed by atoms with Gasteiger partial charge in [0.15, 0.2) is 0 Å². The van der Waals surface area contributed by atoms with Crippen LogP contribution in [0, 0.1) is 0 Å². The number of furan rings is 1. The van der Waals surface area contributed by atoms with Gasteiger partial charge in [0.05, 0.1) is 18.6 Å². The van der Waals surface area contributed by atoms with Crippen molar-refractivity contribution >= 4 is 23.6 Å². The highest BCUT2D eigenvalue weighted by molar-refractivity contribution is 8.00. The van der Waals surface area contributed by atoms with Crippen molar-refractivity contribution in [1.82, 2.24) is 9.80 Å². The van der Waals surface area contributed by atoms with Gasteiger partial charge in [0.25, 0.3) is 5.91 Å². The first-order valence-corrected chi connectivity index (χ1v) is 12.6. The van der Waals surface area contributed by atoms with E-state index in [1.807, 2.05) is 107 Å². The topological polar surface area (TPSA) is 53.8 Å². The summed E-state index contributed by atoms with van der Waals surface area (Å²) in [6.07, 6.45) is 1.62. The number of benzene rings is 3. The van der Waals surface area contributed by atoms with Crippen LogP contribution in [0.3, 0.4) is 0 Å². The fourth-order valence-corrected chi connectivity index (χ4v) is 5.44. The Bertz CT molecular complexity index is 1220. The lowest BCUT2D eigenvalue weighted by Gasteiger charge is -2.25. The maximum Gasteiger partial charge on any atom is 0.254 e. The Morgan fingerprint density at radius 3 is 2.06 bits per heavy atom. The summed E-state index contributed by atoms with van der Waals surface area (Å²) in [6, 6.07) is 31.4. The number of nitrogens with zero attached hydrogens (tertiary/aromatic N) is 2. The molecular weight excluding hydrogens is 456 g/mol. The van der Waals surface area contributed by atoms with Gasteiger partial charge in [0, 0.05) is 18.7 Å². The maximum atomic E-state index is 13.6. The molecule has 1 aliphatic heterocycles. The Kier molecular flexibility index (Phi) is 7.00. The van der Waals surface area contributed by atoms with E-state index in [-0.39, 0.29) is 17.2 Å². The highest BCUT2D eigenvalue weighted by Crippen LogP contribution is 2.39. The van der Waals surface area contributed by atoms with E-state index in [2.05, 4.69) is 0 Å². The minimum absolute atomic E-state index is 0.0214. The van der Waals surface area contributed by atoms with Crippen molar-refractivity contribution in [2.45, 2.75) is 25.0 Å². The second-order valence-electron chi connectivity index (χ2n) is 8.52. The minimum atomic E-state index is -0.0958. The van der Waals surface area contributed by atoms with Crippen LogP contribution in [0.2, 0.25) is 0 Å². The molecule has 1 aromatic heterocycles. The summed E-state index contributed by atoms with van der Waals surface area (Å²) >= 11 is 1.60. The van der Waals surface area contributed by atoms with Gasteiger partial charge in [-0.3, -0.25) is 9.59 Å². The third-order valence-electron chi connectivity index (χ3n) is 6.04. The van der Waals surface area contributed by atoms with Crippen LogP contribution >= 0.6 is 11.8 Å². The third kappa shape index (κ3) is 5.49. The van der Waals surface area contributed by atoms with Crippen molar-refractivity contribution in [1.29, 1.82) is 0 Å². The number of hydrogen-bond donors (Lipinski definition) is 0. The fourth-order valence-electron chi connectivity index (χ4n) is 4.25. The van der Waals surface area contributed by atoms with Crippen LogP contribution < -0.4 is 0 Å². The molecule has 5 nitrogen and oxygen atoms in total. The zero-order valence-corrected chi connectivity index (χ0v) is 20.1. The predicted octanol–water partition coefficient (Wildman–Crippen LogP) is 5.90. The van der Waals surface area contributed by atoms with Gasteiger partial charge >= 0.3 is 0 Å². The number of carbonyl (C=O) groups excluding carboxylic acids is 2. The summed E-state index contributed by atoms with van der Waals surface area (Å²) in [5.74, 6) is 1.27. The first-order chi connectivity index (χ1) is 17.2. The number of amides is 2. The van der Waals surface area contributed by atoms with Crippen molar-refractivity contribution in [3.63, 3.8) is 0 Å². The standard InChI is InChI=1S/C29H26N2O3S/c32-27-21-35-29(31(27)20-26-12-7-17-34-26)25-15-13-24(14-16-25)28(33)30(18-22-8-3-1-4-9-22)19-23-10-5-2-6-11-23/h1-17,29H,18-21H2/t29-/m1/s1. The molecule has 2 heterocycles. The van der Waals surface area contributed by atoms with Crippen LogP contribution in [-0.4, -0.2) is 27.4 Å². The van der Waals surface area contributed by atoms with Crippen LogP contribution in [0.15, 0.2) is 108 Å². The quantitative estimate of drug-likeness (QED) is 0.314. The largest absolute Gasteiger partial charge is 0.467 e. The number of hydrogen-bond acceptors (Lipinski definition) is 4. The van der Waals surface area contributed by atoms with E-state index in [4.69, 9.17) is 4.42 Å². The molecule has 5 rings (SSSR count). The lowest BCUT2D eigenvalue weighted by atomic mass is 10.1. The molecular formula is C29H26N2O3S. The van der Waals surface area contributed by atoms with E-state index in [0.717, 1.165) is 22.5 Å².